The van der Waals surface area contributed by atoms with Crippen LogP contribution in [0.2, 0.25) is 0 Å². The van der Waals surface area contributed by atoms with E-state index in [4.69, 9.17) is 9.47 Å². The molecule has 6 nitrogen and oxygen atoms in total. The summed E-state index contributed by atoms with van der Waals surface area (Å²) in [6, 6.07) is 7.08. The number of hydrogen-bond acceptors (Lipinski definition) is 4. The number of anilines is 1. The summed E-state index contributed by atoms with van der Waals surface area (Å²) in [5.41, 5.74) is 1.22. The Morgan fingerprint density at radius 1 is 1.32 bits per heavy atom. The van der Waals surface area contributed by atoms with Crippen LogP contribution in [0.15, 0.2) is 24.3 Å². The predicted octanol–water partition coefficient (Wildman–Crippen LogP) is 2.45. The summed E-state index contributed by atoms with van der Waals surface area (Å²) in [5, 5.41) is 2.83. The zero-order valence-corrected chi connectivity index (χ0v) is 14.7. The lowest BCUT2D eigenvalue weighted by Crippen LogP contribution is -2.31. The van der Waals surface area contributed by atoms with E-state index in [1.165, 1.54) is 0 Å². The van der Waals surface area contributed by atoms with Crippen molar-refractivity contribution in [3.63, 3.8) is 0 Å². The van der Waals surface area contributed by atoms with Crippen molar-refractivity contribution < 1.29 is 19.1 Å². The van der Waals surface area contributed by atoms with Crippen LogP contribution in [0.25, 0.3) is 0 Å². The van der Waals surface area contributed by atoms with Crippen molar-refractivity contribution in [2.45, 2.75) is 44.8 Å². The monoisotopic (exact) mass is 346 g/mol. The number of carbonyl (C=O) groups excluding carboxylic acids is 2. The quantitative estimate of drug-likeness (QED) is 0.859. The van der Waals surface area contributed by atoms with Gasteiger partial charge in [0.2, 0.25) is 0 Å². The van der Waals surface area contributed by atoms with E-state index in [9.17, 15) is 9.59 Å². The Labute approximate surface area is 148 Å². The van der Waals surface area contributed by atoms with Gasteiger partial charge in [0.05, 0.1) is 12.7 Å². The Morgan fingerprint density at radius 3 is 2.84 bits per heavy atom. The highest BCUT2D eigenvalue weighted by molar-refractivity contribution is 5.98. The van der Waals surface area contributed by atoms with Gasteiger partial charge < -0.3 is 19.7 Å². The third kappa shape index (κ3) is 4.80. The first-order valence-corrected chi connectivity index (χ1v) is 9.07. The summed E-state index contributed by atoms with van der Waals surface area (Å²) in [7, 11) is 0. The minimum absolute atomic E-state index is 0.0243. The Balaban J connectivity index is 1.53. The molecule has 1 N–H and O–H groups in total. The molecule has 1 aromatic rings. The molecular weight excluding hydrogens is 320 g/mol. The van der Waals surface area contributed by atoms with Gasteiger partial charge in [-0.25, -0.2) is 0 Å². The lowest BCUT2D eigenvalue weighted by atomic mass is 10.1. The first-order chi connectivity index (χ1) is 12.1. The van der Waals surface area contributed by atoms with E-state index in [1.807, 2.05) is 4.90 Å². The smallest absolute Gasteiger partial charge is 0.253 e. The number of hydrogen-bond donors (Lipinski definition) is 1. The number of likely N-dealkylation sites (tertiary alicyclic amines) is 1. The van der Waals surface area contributed by atoms with Gasteiger partial charge in [-0.2, -0.15) is 0 Å². The predicted molar refractivity (Wildman–Crippen MR) is 94.6 cm³/mol. The molecule has 2 saturated heterocycles. The molecule has 2 aliphatic heterocycles. The molecule has 0 bridgehead atoms. The number of nitrogens with one attached hydrogen (secondary N) is 1. The van der Waals surface area contributed by atoms with Gasteiger partial charge >= 0.3 is 0 Å². The number of benzene rings is 1. The van der Waals surface area contributed by atoms with E-state index in [1.54, 1.807) is 31.2 Å². The molecule has 2 heterocycles. The van der Waals surface area contributed by atoms with Gasteiger partial charge in [0.25, 0.3) is 11.8 Å². The highest BCUT2D eigenvalue weighted by Crippen LogP contribution is 2.17. The van der Waals surface area contributed by atoms with Gasteiger partial charge in [-0.3, -0.25) is 9.59 Å². The second kappa shape index (κ2) is 8.45. The van der Waals surface area contributed by atoms with Gasteiger partial charge in [-0.15, -0.1) is 0 Å². The normalized spacial score (nSPS) is 21.3. The lowest BCUT2D eigenvalue weighted by molar-refractivity contribution is -0.128. The molecule has 2 aliphatic rings. The van der Waals surface area contributed by atoms with Crippen LogP contribution in [0.3, 0.4) is 0 Å². The summed E-state index contributed by atoms with van der Waals surface area (Å²) >= 11 is 0. The lowest BCUT2D eigenvalue weighted by Gasteiger charge is -2.17. The zero-order chi connectivity index (χ0) is 17.6. The molecular formula is C19H26N2O4. The van der Waals surface area contributed by atoms with E-state index in [-0.39, 0.29) is 17.9 Å². The number of ether oxygens (including phenoxy) is 2. The van der Waals surface area contributed by atoms with Crippen LogP contribution in [0.4, 0.5) is 5.69 Å². The molecule has 0 aromatic heterocycles. The van der Waals surface area contributed by atoms with Crippen molar-refractivity contribution in [1.82, 2.24) is 4.90 Å². The molecule has 0 saturated carbocycles. The van der Waals surface area contributed by atoms with E-state index < -0.39 is 6.10 Å². The molecule has 2 amide bonds. The summed E-state index contributed by atoms with van der Waals surface area (Å²) in [6.07, 6.45) is 3.67. The van der Waals surface area contributed by atoms with E-state index in [2.05, 4.69) is 5.32 Å². The summed E-state index contributed by atoms with van der Waals surface area (Å²) < 4.78 is 11.1. The number of amides is 2. The highest BCUT2D eigenvalue weighted by atomic mass is 16.5. The average Bonchev–Trinajstić information content (AvgIpc) is 3.32. The maximum atomic E-state index is 12.4. The van der Waals surface area contributed by atoms with Crippen molar-refractivity contribution >= 4 is 17.5 Å². The summed E-state index contributed by atoms with van der Waals surface area (Å²) in [5.74, 6) is -0.194. The second-order valence-corrected chi connectivity index (χ2v) is 6.68. The Morgan fingerprint density at radius 2 is 2.12 bits per heavy atom. The van der Waals surface area contributed by atoms with Gasteiger partial charge in [-0.05, 0) is 50.8 Å². The summed E-state index contributed by atoms with van der Waals surface area (Å²) in [4.78, 5) is 26.6. The van der Waals surface area contributed by atoms with Crippen molar-refractivity contribution in [3.05, 3.63) is 29.8 Å². The molecule has 0 spiro atoms. The molecule has 136 valence electrons. The molecule has 2 fully saturated rings. The van der Waals surface area contributed by atoms with E-state index >= 15 is 0 Å². The fourth-order valence-electron chi connectivity index (χ4n) is 3.18. The molecule has 0 aliphatic carbocycles. The van der Waals surface area contributed by atoms with Crippen LogP contribution in [-0.2, 0) is 14.3 Å². The molecule has 25 heavy (non-hydrogen) atoms. The Kier molecular flexibility index (Phi) is 6.04. The highest BCUT2D eigenvalue weighted by Gasteiger charge is 2.21. The van der Waals surface area contributed by atoms with E-state index in [0.717, 1.165) is 45.4 Å². The molecule has 0 radical (unpaired) electrons. The molecule has 3 rings (SSSR count). The van der Waals surface area contributed by atoms with Crippen LogP contribution in [0, 0.1) is 0 Å². The zero-order valence-electron chi connectivity index (χ0n) is 14.7. The van der Waals surface area contributed by atoms with Crippen LogP contribution >= 0.6 is 0 Å². The minimum atomic E-state index is -0.567. The first kappa shape index (κ1) is 17.9. The van der Waals surface area contributed by atoms with Crippen LogP contribution in [0.1, 0.15) is 43.0 Å². The van der Waals surface area contributed by atoms with Crippen molar-refractivity contribution in [2.24, 2.45) is 0 Å². The molecule has 2 atom stereocenters. The standard InChI is InChI=1S/C19H26N2O4/c1-14(25-13-17-8-5-11-24-17)18(22)20-16-7-4-6-15(12-16)19(23)21-9-2-3-10-21/h4,6-7,12,14,17H,2-3,5,8-11,13H2,1H3,(H,20,22). The van der Waals surface area contributed by atoms with Gasteiger partial charge in [0, 0.05) is 30.9 Å². The average molecular weight is 346 g/mol. The second-order valence-electron chi connectivity index (χ2n) is 6.68. The largest absolute Gasteiger partial charge is 0.376 e. The SMILES string of the molecule is CC(OCC1CCCO1)C(=O)Nc1cccc(C(=O)N2CCCC2)c1. The molecule has 6 heteroatoms. The third-order valence-electron chi connectivity index (χ3n) is 4.70. The van der Waals surface area contributed by atoms with Crippen molar-refractivity contribution in [3.8, 4) is 0 Å². The van der Waals surface area contributed by atoms with Crippen LogP contribution < -0.4 is 5.32 Å². The summed E-state index contributed by atoms with van der Waals surface area (Å²) in [6.45, 7) is 4.55. The fraction of sp³-hybridized carbons (Fsp3) is 0.579. The third-order valence-corrected chi connectivity index (χ3v) is 4.70. The van der Waals surface area contributed by atoms with Crippen LogP contribution in [-0.4, -0.2) is 55.2 Å². The minimum Gasteiger partial charge on any atom is -0.376 e. The number of rotatable bonds is 6. The Hall–Kier alpha value is -1.92. The fourth-order valence-corrected chi connectivity index (χ4v) is 3.18. The number of carbonyl (C=O) groups is 2. The maximum absolute atomic E-state index is 12.4. The Bertz CT molecular complexity index is 607. The number of nitrogens with zero attached hydrogens (tertiary/aromatic N) is 1. The van der Waals surface area contributed by atoms with Crippen molar-refractivity contribution in [1.29, 1.82) is 0 Å². The van der Waals surface area contributed by atoms with E-state index in [0.29, 0.717) is 17.9 Å². The van der Waals surface area contributed by atoms with Gasteiger partial charge in [0.15, 0.2) is 0 Å². The van der Waals surface area contributed by atoms with Gasteiger partial charge in [-0.1, -0.05) is 6.07 Å². The maximum Gasteiger partial charge on any atom is 0.253 e. The van der Waals surface area contributed by atoms with Crippen LogP contribution in [0.5, 0.6) is 0 Å². The molecule has 2 unspecified atom stereocenters. The van der Waals surface area contributed by atoms with Crippen molar-refractivity contribution in [2.75, 3.05) is 31.6 Å². The first-order valence-electron chi connectivity index (χ1n) is 9.07. The molecule has 1 aromatic carbocycles. The van der Waals surface area contributed by atoms with Gasteiger partial charge in [0.1, 0.15) is 6.10 Å². The topological polar surface area (TPSA) is 67.9 Å².